The van der Waals surface area contributed by atoms with Crippen molar-refractivity contribution >= 4 is 11.6 Å². The number of hydrogen-bond acceptors (Lipinski definition) is 3. The van der Waals surface area contributed by atoms with Crippen LogP contribution < -0.4 is 10.1 Å². The van der Waals surface area contributed by atoms with Gasteiger partial charge in [0, 0.05) is 12.2 Å². The molecule has 1 aliphatic carbocycles. The average molecular weight is 324 g/mol. The van der Waals surface area contributed by atoms with Crippen molar-refractivity contribution in [2.75, 3.05) is 26.0 Å². The zero-order chi connectivity index (χ0) is 16.9. The minimum atomic E-state index is 0.0124. The molecular weight excluding hydrogens is 300 g/mol. The predicted octanol–water partition coefficient (Wildman–Crippen LogP) is 3.25. The van der Waals surface area contributed by atoms with Crippen molar-refractivity contribution in [3.8, 4) is 5.75 Å². The summed E-state index contributed by atoms with van der Waals surface area (Å²) in [6, 6.07) is 14.2. The van der Waals surface area contributed by atoms with Crippen molar-refractivity contribution < 1.29 is 9.53 Å². The van der Waals surface area contributed by atoms with Crippen molar-refractivity contribution in [2.45, 2.75) is 25.8 Å². The summed E-state index contributed by atoms with van der Waals surface area (Å²) >= 11 is 0. The minimum Gasteiger partial charge on any atom is -0.497 e. The Morgan fingerprint density at radius 3 is 2.83 bits per heavy atom. The molecule has 0 aliphatic heterocycles. The number of fused-ring (bicyclic) bond motifs is 1. The maximum Gasteiger partial charge on any atom is 0.238 e. The monoisotopic (exact) mass is 324 g/mol. The maximum atomic E-state index is 12.3. The summed E-state index contributed by atoms with van der Waals surface area (Å²) in [5.41, 5.74) is 4.82. The molecule has 1 aliphatic rings. The third-order valence-electron chi connectivity index (χ3n) is 4.38. The van der Waals surface area contributed by atoms with Gasteiger partial charge in [-0.2, -0.15) is 0 Å². The first kappa shape index (κ1) is 16.5. The molecule has 24 heavy (non-hydrogen) atoms. The van der Waals surface area contributed by atoms with Gasteiger partial charge in [-0.3, -0.25) is 9.69 Å². The van der Waals surface area contributed by atoms with Crippen LogP contribution in [-0.2, 0) is 24.2 Å². The van der Waals surface area contributed by atoms with Gasteiger partial charge in [0.05, 0.1) is 13.7 Å². The van der Waals surface area contributed by atoms with Gasteiger partial charge in [-0.25, -0.2) is 0 Å². The van der Waals surface area contributed by atoms with E-state index >= 15 is 0 Å². The predicted molar refractivity (Wildman–Crippen MR) is 96.4 cm³/mol. The molecule has 3 rings (SSSR count). The number of nitrogens with one attached hydrogen (secondary N) is 1. The highest BCUT2D eigenvalue weighted by molar-refractivity contribution is 5.92. The van der Waals surface area contributed by atoms with Gasteiger partial charge in [-0.15, -0.1) is 0 Å². The van der Waals surface area contributed by atoms with Gasteiger partial charge >= 0.3 is 0 Å². The van der Waals surface area contributed by atoms with Crippen molar-refractivity contribution in [2.24, 2.45) is 0 Å². The summed E-state index contributed by atoms with van der Waals surface area (Å²) < 4.78 is 5.24. The van der Waals surface area contributed by atoms with Crippen LogP contribution >= 0.6 is 0 Å². The number of methoxy groups -OCH3 is 1. The van der Waals surface area contributed by atoms with Gasteiger partial charge in [-0.05, 0) is 67.3 Å². The summed E-state index contributed by atoms with van der Waals surface area (Å²) in [5.74, 6) is 0.849. The molecule has 0 radical (unpaired) electrons. The summed E-state index contributed by atoms with van der Waals surface area (Å²) in [7, 11) is 3.61. The van der Waals surface area contributed by atoms with Gasteiger partial charge in [0.1, 0.15) is 5.75 Å². The van der Waals surface area contributed by atoms with Gasteiger partial charge in [-0.1, -0.05) is 18.2 Å². The number of amides is 1. The average Bonchev–Trinajstić information content (AvgIpc) is 3.02. The quantitative estimate of drug-likeness (QED) is 0.887. The minimum absolute atomic E-state index is 0.0124. The summed E-state index contributed by atoms with van der Waals surface area (Å²) in [6.07, 6.45) is 3.50. The van der Waals surface area contributed by atoms with Gasteiger partial charge < -0.3 is 10.1 Å². The number of rotatable bonds is 6. The topological polar surface area (TPSA) is 41.6 Å². The Morgan fingerprint density at radius 1 is 1.17 bits per heavy atom. The fourth-order valence-corrected chi connectivity index (χ4v) is 3.23. The number of benzene rings is 2. The van der Waals surface area contributed by atoms with Gasteiger partial charge in [0.15, 0.2) is 0 Å². The summed E-state index contributed by atoms with van der Waals surface area (Å²) in [6.45, 7) is 1.06. The van der Waals surface area contributed by atoms with Crippen LogP contribution in [0.15, 0.2) is 42.5 Å². The van der Waals surface area contributed by atoms with Gasteiger partial charge in [0.25, 0.3) is 0 Å². The highest BCUT2D eigenvalue weighted by atomic mass is 16.5. The van der Waals surface area contributed by atoms with E-state index in [9.17, 15) is 4.79 Å². The molecule has 0 aromatic heterocycles. The molecule has 126 valence electrons. The molecule has 1 amide bonds. The molecule has 0 heterocycles. The first-order valence-electron chi connectivity index (χ1n) is 8.37. The fourth-order valence-electron chi connectivity index (χ4n) is 3.23. The summed E-state index contributed by atoms with van der Waals surface area (Å²) in [5, 5.41) is 3.01. The van der Waals surface area contributed by atoms with E-state index in [0.717, 1.165) is 29.8 Å². The molecule has 0 fully saturated rings. The molecule has 0 bridgehead atoms. The maximum absolute atomic E-state index is 12.3. The number of nitrogens with zero attached hydrogens (tertiary/aromatic N) is 1. The van der Waals surface area contributed by atoms with E-state index in [0.29, 0.717) is 13.1 Å². The second-order valence-electron chi connectivity index (χ2n) is 6.41. The molecule has 0 spiro atoms. The van der Waals surface area contributed by atoms with Gasteiger partial charge in [0.2, 0.25) is 5.91 Å². The Labute approximate surface area is 143 Å². The Morgan fingerprint density at radius 2 is 2.00 bits per heavy atom. The molecule has 0 saturated carbocycles. The Balaban J connectivity index is 1.54. The molecule has 0 atom stereocenters. The molecule has 0 unspecified atom stereocenters. The van der Waals surface area contributed by atoms with E-state index in [2.05, 4.69) is 17.4 Å². The molecule has 4 nitrogen and oxygen atoms in total. The van der Waals surface area contributed by atoms with Crippen LogP contribution in [0.2, 0.25) is 0 Å². The second-order valence-corrected chi connectivity index (χ2v) is 6.41. The summed E-state index contributed by atoms with van der Waals surface area (Å²) in [4.78, 5) is 14.3. The van der Waals surface area contributed by atoms with E-state index in [1.165, 1.54) is 17.5 Å². The third-order valence-corrected chi connectivity index (χ3v) is 4.38. The number of aryl methyl sites for hydroxylation is 2. The standard InChI is InChI=1S/C20H24N2O2/c1-22(13-15-5-3-8-19(11-15)24-2)14-20(23)21-18-10-9-16-6-4-7-17(16)12-18/h3,5,8-12H,4,6-7,13-14H2,1-2H3,(H,21,23). The number of likely N-dealkylation sites (N-methyl/N-ethyl adjacent to an activating group) is 1. The molecular formula is C20H24N2O2. The number of hydrogen-bond donors (Lipinski definition) is 1. The highest BCUT2D eigenvalue weighted by Crippen LogP contribution is 2.24. The Hall–Kier alpha value is -2.33. The van der Waals surface area contributed by atoms with Crippen LogP contribution in [0, 0.1) is 0 Å². The lowest BCUT2D eigenvalue weighted by Gasteiger charge is -2.17. The lowest BCUT2D eigenvalue weighted by molar-refractivity contribution is -0.117. The highest BCUT2D eigenvalue weighted by Gasteiger charge is 2.13. The smallest absolute Gasteiger partial charge is 0.238 e. The normalized spacial score (nSPS) is 13.0. The third kappa shape index (κ3) is 4.15. The first-order valence-corrected chi connectivity index (χ1v) is 8.37. The lowest BCUT2D eigenvalue weighted by Crippen LogP contribution is -2.29. The molecule has 1 N–H and O–H groups in total. The molecule has 0 saturated heterocycles. The number of carbonyl (C=O) groups excluding carboxylic acids is 1. The van der Waals surface area contributed by atoms with E-state index < -0.39 is 0 Å². The van der Waals surface area contributed by atoms with E-state index in [1.807, 2.05) is 42.3 Å². The van der Waals surface area contributed by atoms with Crippen LogP contribution in [-0.4, -0.2) is 31.5 Å². The molecule has 4 heteroatoms. The van der Waals surface area contributed by atoms with Crippen LogP contribution in [0.25, 0.3) is 0 Å². The SMILES string of the molecule is COc1cccc(CN(C)CC(=O)Nc2ccc3c(c2)CCC3)c1. The van der Waals surface area contributed by atoms with E-state index in [-0.39, 0.29) is 5.91 Å². The zero-order valence-electron chi connectivity index (χ0n) is 14.3. The number of ether oxygens (including phenoxy) is 1. The first-order chi connectivity index (χ1) is 11.6. The van der Waals surface area contributed by atoms with Crippen molar-refractivity contribution in [1.29, 1.82) is 0 Å². The van der Waals surface area contributed by atoms with Crippen molar-refractivity contribution in [3.63, 3.8) is 0 Å². The molecule has 2 aromatic carbocycles. The Bertz CT molecular complexity index is 727. The van der Waals surface area contributed by atoms with Crippen LogP contribution in [0.4, 0.5) is 5.69 Å². The second kappa shape index (κ2) is 7.49. The van der Waals surface area contributed by atoms with Crippen molar-refractivity contribution in [1.82, 2.24) is 4.90 Å². The number of carbonyl (C=O) groups is 1. The Kier molecular flexibility index (Phi) is 5.16. The van der Waals surface area contributed by atoms with Crippen molar-refractivity contribution in [3.05, 3.63) is 59.2 Å². The number of anilines is 1. The van der Waals surface area contributed by atoms with Crippen LogP contribution in [0.3, 0.4) is 0 Å². The molecule has 2 aromatic rings. The van der Waals surface area contributed by atoms with Crippen LogP contribution in [0.5, 0.6) is 5.75 Å². The van der Waals surface area contributed by atoms with E-state index in [1.54, 1.807) is 7.11 Å². The van der Waals surface area contributed by atoms with E-state index in [4.69, 9.17) is 4.74 Å². The fraction of sp³-hybridized carbons (Fsp3) is 0.350. The van der Waals surface area contributed by atoms with Crippen LogP contribution in [0.1, 0.15) is 23.1 Å². The lowest BCUT2D eigenvalue weighted by atomic mass is 10.1. The zero-order valence-corrected chi connectivity index (χ0v) is 14.3. The largest absolute Gasteiger partial charge is 0.497 e.